The highest BCUT2D eigenvalue weighted by Crippen LogP contribution is 2.21. The van der Waals surface area contributed by atoms with Gasteiger partial charge in [0.05, 0.1) is 0 Å². The van der Waals surface area contributed by atoms with E-state index < -0.39 is 12.0 Å². The van der Waals surface area contributed by atoms with Crippen molar-refractivity contribution in [2.75, 3.05) is 13.1 Å². The molecule has 0 aromatic heterocycles. The van der Waals surface area contributed by atoms with Gasteiger partial charge in [-0.25, -0.2) is 9.59 Å². The molecule has 0 aliphatic carbocycles. The summed E-state index contributed by atoms with van der Waals surface area (Å²) in [7, 11) is 0. The van der Waals surface area contributed by atoms with Crippen LogP contribution in [0.4, 0.5) is 4.79 Å². The largest absolute Gasteiger partial charge is 0.480 e. The Kier molecular flexibility index (Phi) is 5.63. The number of carboxylic acid groups (broad SMARTS) is 1. The zero-order chi connectivity index (χ0) is 14.6. The number of urea groups is 1. The van der Waals surface area contributed by atoms with Crippen molar-refractivity contribution in [1.29, 1.82) is 0 Å². The van der Waals surface area contributed by atoms with Crippen LogP contribution in [0, 0.1) is 17.8 Å². The lowest BCUT2D eigenvalue weighted by Gasteiger charge is -2.35. The van der Waals surface area contributed by atoms with E-state index in [-0.39, 0.29) is 11.9 Å². The minimum atomic E-state index is -0.958. The normalized spacial score (nSPS) is 25.2. The van der Waals surface area contributed by atoms with Crippen LogP contribution in [0.3, 0.4) is 0 Å². The molecule has 110 valence electrons. The highest BCUT2D eigenvalue weighted by atomic mass is 16.4. The van der Waals surface area contributed by atoms with Gasteiger partial charge in [-0.3, -0.25) is 0 Å². The first kappa shape index (κ1) is 15.8. The van der Waals surface area contributed by atoms with Gasteiger partial charge in [0, 0.05) is 13.1 Å². The molecule has 0 unspecified atom stereocenters. The molecular weight excluding hydrogens is 244 g/mol. The number of carbonyl (C=O) groups excluding carboxylic acids is 1. The van der Waals surface area contributed by atoms with E-state index >= 15 is 0 Å². The average molecular weight is 270 g/mol. The summed E-state index contributed by atoms with van der Waals surface area (Å²) in [6.45, 7) is 9.58. The molecule has 0 bridgehead atoms. The van der Waals surface area contributed by atoms with Crippen LogP contribution in [0.2, 0.25) is 0 Å². The fraction of sp³-hybridized carbons (Fsp3) is 0.857. The summed E-state index contributed by atoms with van der Waals surface area (Å²) in [5.41, 5.74) is 0. The Hall–Kier alpha value is -1.26. The van der Waals surface area contributed by atoms with E-state index in [4.69, 9.17) is 5.11 Å². The second-order valence-electron chi connectivity index (χ2n) is 6.32. The van der Waals surface area contributed by atoms with Crippen LogP contribution in [-0.4, -0.2) is 41.1 Å². The number of nitrogens with zero attached hydrogens (tertiary/aromatic N) is 1. The number of carbonyl (C=O) groups is 2. The van der Waals surface area contributed by atoms with E-state index in [1.807, 2.05) is 13.8 Å². The van der Waals surface area contributed by atoms with E-state index in [0.717, 1.165) is 6.42 Å². The van der Waals surface area contributed by atoms with Crippen molar-refractivity contribution in [2.45, 2.75) is 46.6 Å². The van der Waals surface area contributed by atoms with E-state index in [1.54, 1.807) is 4.90 Å². The third kappa shape index (κ3) is 5.09. The van der Waals surface area contributed by atoms with E-state index in [2.05, 4.69) is 19.2 Å². The summed E-state index contributed by atoms with van der Waals surface area (Å²) in [5, 5.41) is 11.8. The van der Waals surface area contributed by atoms with Gasteiger partial charge in [-0.2, -0.15) is 0 Å². The quantitative estimate of drug-likeness (QED) is 0.822. The van der Waals surface area contributed by atoms with Crippen molar-refractivity contribution >= 4 is 12.0 Å². The Bertz CT molecular complexity index is 321. The first-order valence-corrected chi connectivity index (χ1v) is 7.07. The van der Waals surface area contributed by atoms with Crippen LogP contribution in [0.25, 0.3) is 0 Å². The first-order valence-electron chi connectivity index (χ1n) is 7.07. The van der Waals surface area contributed by atoms with Crippen LogP contribution in [-0.2, 0) is 4.79 Å². The molecule has 1 fully saturated rings. The smallest absolute Gasteiger partial charge is 0.326 e. The van der Waals surface area contributed by atoms with Crippen LogP contribution in [0.15, 0.2) is 0 Å². The Labute approximate surface area is 115 Å². The number of hydrogen-bond donors (Lipinski definition) is 2. The molecule has 1 rings (SSSR count). The molecule has 0 radical (unpaired) electrons. The SMILES string of the molecule is CC(C)C[C@H](NC(=O)N1C[C@H](C)C[C@@H](C)C1)C(=O)O. The molecule has 5 nitrogen and oxygen atoms in total. The predicted molar refractivity (Wildman–Crippen MR) is 73.9 cm³/mol. The fourth-order valence-corrected chi connectivity index (χ4v) is 2.76. The van der Waals surface area contributed by atoms with Crippen LogP contribution < -0.4 is 5.32 Å². The molecule has 1 saturated heterocycles. The highest BCUT2D eigenvalue weighted by molar-refractivity contribution is 5.82. The summed E-state index contributed by atoms with van der Waals surface area (Å²) in [4.78, 5) is 25.0. The van der Waals surface area contributed by atoms with Gasteiger partial charge >= 0.3 is 12.0 Å². The number of nitrogens with one attached hydrogen (secondary N) is 1. The van der Waals surface area contributed by atoms with Gasteiger partial charge in [0.25, 0.3) is 0 Å². The third-order valence-electron chi connectivity index (χ3n) is 3.46. The molecule has 1 heterocycles. The summed E-state index contributed by atoms with van der Waals surface area (Å²) in [5.74, 6) is 0.228. The van der Waals surface area contributed by atoms with Crippen molar-refractivity contribution in [3.63, 3.8) is 0 Å². The van der Waals surface area contributed by atoms with Crippen LogP contribution in [0.1, 0.15) is 40.5 Å². The second kappa shape index (κ2) is 6.78. The van der Waals surface area contributed by atoms with Crippen molar-refractivity contribution in [1.82, 2.24) is 10.2 Å². The van der Waals surface area contributed by atoms with Gasteiger partial charge in [0.15, 0.2) is 0 Å². The minimum Gasteiger partial charge on any atom is -0.480 e. The minimum absolute atomic E-state index is 0.237. The highest BCUT2D eigenvalue weighted by Gasteiger charge is 2.28. The van der Waals surface area contributed by atoms with Crippen molar-refractivity contribution in [3.05, 3.63) is 0 Å². The average Bonchev–Trinajstić information content (AvgIpc) is 2.25. The zero-order valence-electron chi connectivity index (χ0n) is 12.3. The van der Waals surface area contributed by atoms with Gasteiger partial charge in [-0.15, -0.1) is 0 Å². The topological polar surface area (TPSA) is 69.6 Å². The molecule has 0 saturated carbocycles. The van der Waals surface area contributed by atoms with E-state index in [9.17, 15) is 9.59 Å². The van der Waals surface area contributed by atoms with Gasteiger partial charge in [0.2, 0.25) is 0 Å². The molecule has 0 aromatic rings. The number of hydrogen-bond acceptors (Lipinski definition) is 2. The van der Waals surface area contributed by atoms with Gasteiger partial charge in [0.1, 0.15) is 6.04 Å². The lowest BCUT2D eigenvalue weighted by Crippen LogP contribution is -2.52. The molecule has 1 aliphatic heterocycles. The Morgan fingerprint density at radius 2 is 1.79 bits per heavy atom. The number of rotatable bonds is 4. The molecule has 19 heavy (non-hydrogen) atoms. The van der Waals surface area contributed by atoms with Crippen molar-refractivity contribution in [3.8, 4) is 0 Å². The first-order chi connectivity index (χ1) is 8.79. The maximum Gasteiger partial charge on any atom is 0.326 e. The number of carboxylic acids is 1. The standard InChI is InChI=1S/C14H26N2O3/c1-9(2)5-12(13(17)18)15-14(19)16-7-10(3)6-11(4)8-16/h9-12H,5-8H2,1-4H3,(H,15,19)(H,17,18)/t10-,11-,12+/m1/s1. The third-order valence-corrected chi connectivity index (χ3v) is 3.46. The summed E-state index contributed by atoms with van der Waals surface area (Å²) < 4.78 is 0. The number of piperidine rings is 1. The van der Waals surface area contributed by atoms with Crippen molar-refractivity contribution < 1.29 is 14.7 Å². The second-order valence-corrected chi connectivity index (χ2v) is 6.32. The summed E-state index contributed by atoms with van der Waals surface area (Å²) in [6, 6.07) is -1.04. The van der Waals surface area contributed by atoms with E-state index in [0.29, 0.717) is 31.3 Å². The van der Waals surface area contributed by atoms with Crippen LogP contribution >= 0.6 is 0 Å². The molecule has 1 aliphatic rings. The summed E-state index contributed by atoms with van der Waals surface area (Å²) >= 11 is 0. The summed E-state index contributed by atoms with van der Waals surface area (Å²) in [6.07, 6.45) is 1.58. The van der Waals surface area contributed by atoms with Gasteiger partial charge in [-0.05, 0) is 30.6 Å². The lowest BCUT2D eigenvalue weighted by molar-refractivity contribution is -0.139. The fourth-order valence-electron chi connectivity index (χ4n) is 2.76. The van der Waals surface area contributed by atoms with Crippen LogP contribution in [0.5, 0.6) is 0 Å². The maximum atomic E-state index is 12.1. The molecular formula is C14H26N2O3. The monoisotopic (exact) mass is 270 g/mol. The van der Waals surface area contributed by atoms with E-state index in [1.165, 1.54) is 0 Å². The Morgan fingerprint density at radius 3 is 2.21 bits per heavy atom. The maximum absolute atomic E-state index is 12.1. The molecule has 0 aromatic carbocycles. The Morgan fingerprint density at radius 1 is 1.26 bits per heavy atom. The van der Waals surface area contributed by atoms with Gasteiger partial charge < -0.3 is 15.3 Å². The van der Waals surface area contributed by atoms with Gasteiger partial charge in [-0.1, -0.05) is 27.7 Å². The molecule has 2 amide bonds. The predicted octanol–water partition coefficient (Wildman–Crippen LogP) is 2.17. The Balaban J connectivity index is 2.58. The molecule has 0 spiro atoms. The van der Waals surface area contributed by atoms with Crippen molar-refractivity contribution in [2.24, 2.45) is 17.8 Å². The number of likely N-dealkylation sites (tertiary alicyclic amines) is 1. The number of amides is 2. The molecule has 5 heteroatoms. The zero-order valence-corrected chi connectivity index (χ0v) is 12.3. The number of aliphatic carboxylic acids is 1. The molecule has 3 atom stereocenters. The lowest BCUT2D eigenvalue weighted by atomic mass is 9.92. The molecule has 2 N–H and O–H groups in total.